The maximum absolute atomic E-state index is 6.02. The summed E-state index contributed by atoms with van der Waals surface area (Å²) in [6.07, 6.45) is 9.09. The second kappa shape index (κ2) is 6.50. The van der Waals surface area contributed by atoms with Crippen LogP contribution in [0.4, 0.5) is 0 Å². The molecule has 1 aromatic carbocycles. The number of aryl methyl sites for hydroxylation is 1. The van der Waals surface area contributed by atoms with Crippen molar-refractivity contribution in [3.8, 4) is 0 Å². The zero-order chi connectivity index (χ0) is 14.7. The first-order chi connectivity index (χ1) is 10.2. The van der Waals surface area contributed by atoms with E-state index in [0.29, 0.717) is 0 Å². The minimum absolute atomic E-state index is 0.0417. The van der Waals surface area contributed by atoms with E-state index in [1.807, 2.05) is 7.11 Å². The van der Waals surface area contributed by atoms with Crippen LogP contribution in [-0.2, 0) is 10.3 Å². The SMILES string of the molecule is COC1(c2ccc(C)cc2)CCC(N2CCCCC2)CC1. The molecule has 1 saturated carbocycles. The number of likely N-dealkylation sites (tertiary alicyclic amines) is 1. The van der Waals surface area contributed by atoms with Gasteiger partial charge in [-0.1, -0.05) is 36.2 Å². The van der Waals surface area contributed by atoms with Crippen LogP contribution in [0.15, 0.2) is 24.3 Å². The van der Waals surface area contributed by atoms with Crippen LogP contribution in [0.3, 0.4) is 0 Å². The summed E-state index contributed by atoms with van der Waals surface area (Å²) < 4.78 is 6.02. The third-order valence-corrected chi connectivity index (χ3v) is 5.64. The van der Waals surface area contributed by atoms with Crippen molar-refractivity contribution in [2.45, 2.75) is 63.5 Å². The van der Waals surface area contributed by atoms with Gasteiger partial charge in [0, 0.05) is 13.2 Å². The molecule has 1 aliphatic carbocycles. The van der Waals surface area contributed by atoms with Crippen LogP contribution < -0.4 is 0 Å². The number of benzene rings is 1. The monoisotopic (exact) mass is 287 g/mol. The maximum Gasteiger partial charge on any atom is 0.0928 e. The summed E-state index contributed by atoms with van der Waals surface area (Å²) in [7, 11) is 1.89. The fourth-order valence-electron chi connectivity index (χ4n) is 4.19. The van der Waals surface area contributed by atoms with E-state index in [1.165, 1.54) is 56.3 Å². The van der Waals surface area contributed by atoms with Crippen molar-refractivity contribution in [1.82, 2.24) is 4.90 Å². The fraction of sp³-hybridized carbons (Fsp3) is 0.684. The Hall–Kier alpha value is -0.860. The topological polar surface area (TPSA) is 12.5 Å². The number of piperidine rings is 1. The van der Waals surface area contributed by atoms with Gasteiger partial charge in [0.2, 0.25) is 0 Å². The van der Waals surface area contributed by atoms with Gasteiger partial charge < -0.3 is 9.64 Å². The molecule has 0 bridgehead atoms. The van der Waals surface area contributed by atoms with Crippen LogP contribution in [0.5, 0.6) is 0 Å². The van der Waals surface area contributed by atoms with E-state index in [2.05, 4.69) is 36.1 Å². The Balaban J connectivity index is 1.68. The lowest BCUT2D eigenvalue weighted by molar-refractivity contribution is -0.0624. The van der Waals surface area contributed by atoms with Crippen molar-refractivity contribution in [2.24, 2.45) is 0 Å². The van der Waals surface area contributed by atoms with Crippen molar-refractivity contribution < 1.29 is 4.74 Å². The molecular weight excluding hydrogens is 258 g/mol. The highest BCUT2D eigenvalue weighted by Gasteiger charge is 2.38. The molecule has 1 aliphatic heterocycles. The molecule has 0 spiro atoms. The predicted octanol–water partition coefficient (Wildman–Crippen LogP) is 4.27. The van der Waals surface area contributed by atoms with E-state index in [1.54, 1.807) is 0 Å². The molecule has 0 radical (unpaired) electrons. The molecule has 2 heteroatoms. The van der Waals surface area contributed by atoms with Crippen molar-refractivity contribution in [3.63, 3.8) is 0 Å². The number of rotatable bonds is 3. The first kappa shape index (κ1) is 15.1. The van der Waals surface area contributed by atoms with Gasteiger partial charge in [-0.05, 0) is 64.1 Å². The lowest BCUT2D eigenvalue weighted by atomic mass is 9.76. The van der Waals surface area contributed by atoms with Crippen LogP contribution in [-0.4, -0.2) is 31.1 Å². The summed E-state index contributed by atoms with van der Waals surface area (Å²) >= 11 is 0. The molecule has 0 aromatic heterocycles. The van der Waals surface area contributed by atoms with Crippen LogP contribution in [0.1, 0.15) is 56.1 Å². The van der Waals surface area contributed by atoms with Crippen LogP contribution in [0, 0.1) is 6.92 Å². The third-order valence-electron chi connectivity index (χ3n) is 5.64. The largest absolute Gasteiger partial charge is 0.374 e. The Labute approximate surface area is 129 Å². The van der Waals surface area contributed by atoms with Gasteiger partial charge in [0.1, 0.15) is 0 Å². The van der Waals surface area contributed by atoms with Crippen molar-refractivity contribution in [2.75, 3.05) is 20.2 Å². The quantitative estimate of drug-likeness (QED) is 0.823. The first-order valence-electron chi connectivity index (χ1n) is 8.60. The number of hydrogen-bond donors (Lipinski definition) is 0. The smallest absolute Gasteiger partial charge is 0.0928 e. The molecule has 0 amide bonds. The predicted molar refractivity (Wildman–Crippen MR) is 87.5 cm³/mol. The molecule has 1 heterocycles. The van der Waals surface area contributed by atoms with Gasteiger partial charge in [-0.25, -0.2) is 0 Å². The summed E-state index contributed by atoms with van der Waals surface area (Å²) in [6, 6.07) is 9.75. The lowest BCUT2D eigenvalue weighted by Crippen LogP contribution is -2.45. The van der Waals surface area contributed by atoms with E-state index in [-0.39, 0.29) is 5.60 Å². The summed E-state index contributed by atoms with van der Waals surface area (Å²) in [5.74, 6) is 0. The highest BCUT2D eigenvalue weighted by atomic mass is 16.5. The Morgan fingerprint density at radius 3 is 2.19 bits per heavy atom. The van der Waals surface area contributed by atoms with Gasteiger partial charge in [0.25, 0.3) is 0 Å². The molecule has 2 nitrogen and oxygen atoms in total. The summed E-state index contributed by atoms with van der Waals surface area (Å²) in [6.45, 7) is 4.78. The van der Waals surface area contributed by atoms with Crippen molar-refractivity contribution >= 4 is 0 Å². The minimum Gasteiger partial charge on any atom is -0.374 e. The molecule has 1 aromatic rings. The molecule has 1 saturated heterocycles. The number of hydrogen-bond acceptors (Lipinski definition) is 2. The van der Waals surface area contributed by atoms with Crippen molar-refractivity contribution in [3.05, 3.63) is 35.4 Å². The van der Waals surface area contributed by atoms with Gasteiger partial charge in [-0.2, -0.15) is 0 Å². The first-order valence-corrected chi connectivity index (χ1v) is 8.60. The van der Waals surface area contributed by atoms with E-state index in [4.69, 9.17) is 4.74 Å². The Kier molecular flexibility index (Phi) is 4.66. The Morgan fingerprint density at radius 2 is 1.62 bits per heavy atom. The van der Waals surface area contributed by atoms with Gasteiger partial charge in [0.15, 0.2) is 0 Å². The summed E-state index contributed by atoms with van der Waals surface area (Å²) in [4.78, 5) is 2.73. The molecule has 0 atom stereocenters. The molecule has 2 aliphatic rings. The number of methoxy groups -OCH3 is 1. The second-order valence-corrected chi connectivity index (χ2v) is 6.89. The average molecular weight is 287 g/mol. The Bertz CT molecular complexity index is 439. The maximum atomic E-state index is 6.02. The average Bonchev–Trinajstić information content (AvgIpc) is 2.56. The second-order valence-electron chi connectivity index (χ2n) is 6.89. The van der Waals surface area contributed by atoms with Gasteiger partial charge >= 0.3 is 0 Å². The molecule has 21 heavy (non-hydrogen) atoms. The normalized spacial score (nSPS) is 31.2. The van der Waals surface area contributed by atoms with Gasteiger partial charge in [0.05, 0.1) is 5.60 Å². The minimum atomic E-state index is -0.0417. The lowest BCUT2D eigenvalue weighted by Gasteiger charge is -2.44. The molecule has 0 unspecified atom stereocenters. The van der Waals surface area contributed by atoms with Gasteiger partial charge in [-0.15, -0.1) is 0 Å². The third kappa shape index (κ3) is 3.17. The molecule has 2 fully saturated rings. The van der Waals surface area contributed by atoms with E-state index in [0.717, 1.165) is 18.9 Å². The summed E-state index contributed by atoms with van der Waals surface area (Å²) in [5.41, 5.74) is 2.65. The van der Waals surface area contributed by atoms with Crippen LogP contribution in [0.2, 0.25) is 0 Å². The van der Waals surface area contributed by atoms with E-state index < -0.39 is 0 Å². The molecular formula is C19H29NO. The zero-order valence-electron chi connectivity index (χ0n) is 13.6. The highest BCUT2D eigenvalue weighted by Crippen LogP contribution is 2.41. The zero-order valence-corrected chi connectivity index (χ0v) is 13.6. The van der Waals surface area contributed by atoms with Crippen LogP contribution >= 0.6 is 0 Å². The highest BCUT2D eigenvalue weighted by molar-refractivity contribution is 5.27. The summed E-state index contributed by atoms with van der Waals surface area (Å²) in [5, 5.41) is 0. The van der Waals surface area contributed by atoms with Gasteiger partial charge in [-0.3, -0.25) is 0 Å². The van der Waals surface area contributed by atoms with E-state index in [9.17, 15) is 0 Å². The molecule has 0 N–H and O–H groups in total. The van der Waals surface area contributed by atoms with E-state index >= 15 is 0 Å². The molecule has 116 valence electrons. The Morgan fingerprint density at radius 1 is 1.00 bits per heavy atom. The standard InChI is InChI=1S/C19H29NO/c1-16-6-8-17(9-7-16)19(21-2)12-10-18(11-13-19)20-14-4-3-5-15-20/h6-9,18H,3-5,10-15H2,1-2H3. The fourth-order valence-corrected chi connectivity index (χ4v) is 4.19. The number of ether oxygens (including phenoxy) is 1. The molecule has 3 rings (SSSR count). The number of nitrogens with zero attached hydrogens (tertiary/aromatic N) is 1. The van der Waals surface area contributed by atoms with Crippen LogP contribution in [0.25, 0.3) is 0 Å². The van der Waals surface area contributed by atoms with Crippen molar-refractivity contribution in [1.29, 1.82) is 0 Å².